The van der Waals surface area contributed by atoms with Crippen LogP contribution in [0.1, 0.15) is 40.3 Å². The summed E-state index contributed by atoms with van der Waals surface area (Å²) in [4.78, 5) is 30.2. The van der Waals surface area contributed by atoms with E-state index in [1.54, 1.807) is 48.1 Å². The van der Waals surface area contributed by atoms with Gasteiger partial charge in [-0.05, 0) is 72.6 Å². The zero-order valence-corrected chi connectivity index (χ0v) is 20.1. The van der Waals surface area contributed by atoms with Gasteiger partial charge in [0.1, 0.15) is 5.69 Å². The summed E-state index contributed by atoms with van der Waals surface area (Å²) in [5.74, 6) is -0.449. The summed E-state index contributed by atoms with van der Waals surface area (Å²) in [5, 5.41) is 3.61. The molecular weight excluding hydrogens is 505 g/mol. The van der Waals surface area contributed by atoms with Crippen LogP contribution < -0.4 is 16.2 Å². The van der Waals surface area contributed by atoms with Gasteiger partial charge in [-0.25, -0.2) is 10.4 Å². The van der Waals surface area contributed by atoms with Crippen molar-refractivity contribution in [3.8, 4) is 5.82 Å². The highest BCUT2D eigenvalue weighted by molar-refractivity contribution is 9.10. The van der Waals surface area contributed by atoms with Crippen LogP contribution >= 0.6 is 39.1 Å². The van der Waals surface area contributed by atoms with Crippen LogP contribution in [0.25, 0.3) is 5.82 Å². The van der Waals surface area contributed by atoms with Gasteiger partial charge in [0, 0.05) is 27.9 Å². The van der Waals surface area contributed by atoms with E-state index < -0.39 is 11.8 Å². The third-order valence-corrected chi connectivity index (χ3v) is 5.19. The molecule has 0 atom stereocenters. The van der Waals surface area contributed by atoms with E-state index in [1.165, 1.54) is 6.07 Å². The fraction of sp³-hybridized carbons (Fsp3) is 0.190. The topological polar surface area (TPSA) is 88.0 Å². The SMILES string of the molecule is Cc1cc(Cl)cc(C(=O)NNC(C)C)c1NC(=O)c1cc(Br)cn1-c1ncccc1Cl. The van der Waals surface area contributed by atoms with Crippen molar-refractivity contribution in [1.82, 2.24) is 20.4 Å². The van der Waals surface area contributed by atoms with E-state index in [1.807, 2.05) is 13.8 Å². The highest BCUT2D eigenvalue weighted by Crippen LogP contribution is 2.28. The molecule has 0 aliphatic heterocycles. The molecule has 0 saturated heterocycles. The molecular formula is C21H20BrCl2N5O2. The quantitative estimate of drug-likeness (QED) is 0.389. The highest BCUT2D eigenvalue weighted by Gasteiger charge is 2.21. The van der Waals surface area contributed by atoms with Gasteiger partial charge in [0.2, 0.25) is 0 Å². The number of hydrazine groups is 1. The second-order valence-electron chi connectivity index (χ2n) is 7.07. The molecule has 0 radical (unpaired) electrons. The predicted octanol–water partition coefficient (Wildman–Crippen LogP) is 5.15. The number of aryl methyl sites for hydroxylation is 1. The van der Waals surface area contributed by atoms with Crippen LogP contribution in [0.4, 0.5) is 5.69 Å². The molecule has 7 nitrogen and oxygen atoms in total. The first-order valence-electron chi connectivity index (χ1n) is 9.33. The van der Waals surface area contributed by atoms with Crippen molar-refractivity contribution in [2.45, 2.75) is 26.8 Å². The Labute approximate surface area is 198 Å². The van der Waals surface area contributed by atoms with Crippen molar-refractivity contribution in [1.29, 1.82) is 0 Å². The fourth-order valence-corrected chi connectivity index (χ4v) is 3.78. The Hall–Kier alpha value is -2.39. The monoisotopic (exact) mass is 523 g/mol. The highest BCUT2D eigenvalue weighted by atomic mass is 79.9. The Kier molecular flexibility index (Phi) is 7.38. The van der Waals surface area contributed by atoms with Crippen molar-refractivity contribution in [3.63, 3.8) is 0 Å². The fourth-order valence-electron chi connectivity index (χ4n) is 2.88. The minimum atomic E-state index is -0.441. The zero-order chi connectivity index (χ0) is 22.7. The average Bonchev–Trinajstić information content (AvgIpc) is 3.09. The van der Waals surface area contributed by atoms with E-state index in [-0.39, 0.29) is 17.3 Å². The van der Waals surface area contributed by atoms with Gasteiger partial charge >= 0.3 is 0 Å². The molecule has 0 bridgehead atoms. The molecule has 10 heteroatoms. The summed E-state index contributed by atoms with van der Waals surface area (Å²) in [6, 6.07) is 8.25. The van der Waals surface area contributed by atoms with Crippen LogP contribution in [-0.4, -0.2) is 27.4 Å². The summed E-state index contributed by atoms with van der Waals surface area (Å²) in [6.07, 6.45) is 3.28. The third-order valence-electron chi connectivity index (χ3n) is 4.24. The average molecular weight is 525 g/mol. The lowest BCUT2D eigenvalue weighted by atomic mass is 10.1. The van der Waals surface area contributed by atoms with E-state index >= 15 is 0 Å². The second kappa shape index (κ2) is 9.82. The molecule has 0 spiro atoms. The first-order chi connectivity index (χ1) is 14.7. The van der Waals surface area contributed by atoms with Crippen molar-refractivity contribution in [2.24, 2.45) is 0 Å². The molecule has 0 aliphatic rings. The van der Waals surface area contributed by atoms with Crippen LogP contribution in [0, 0.1) is 6.92 Å². The molecule has 31 heavy (non-hydrogen) atoms. The Morgan fingerprint density at radius 1 is 1.16 bits per heavy atom. The second-order valence-corrected chi connectivity index (χ2v) is 8.83. The number of halogens is 3. The number of carbonyl (C=O) groups is 2. The van der Waals surface area contributed by atoms with Gasteiger partial charge in [-0.3, -0.25) is 19.6 Å². The molecule has 3 rings (SSSR count). The maximum atomic E-state index is 13.2. The molecule has 0 aliphatic carbocycles. The summed E-state index contributed by atoms with van der Waals surface area (Å²) < 4.78 is 2.25. The number of carbonyl (C=O) groups excluding carboxylic acids is 2. The summed E-state index contributed by atoms with van der Waals surface area (Å²) in [6.45, 7) is 5.54. The van der Waals surface area contributed by atoms with E-state index in [2.05, 4.69) is 37.1 Å². The number of nitrogens with zero attached hydrogens (tertiary/aromatic N) is 2. The number of hydrogen-bond acceptors (Lipinski definition) is 4. The van der Waals surface area contributed by atoms with Gasteiger partial charge in [-0.2, -0.15) is 0 Å². The number of aromatic nitrogens is 2. The van der Waals surface area contributed by atoms with Crippen LogP contribution in [0.3, 0.4) is 0 Å². The third kappa shape index (κ3) is 5.46. The van der Waals surface area contributed by atoms with Crippen molar-refractivity contribution in [3.05, 3.63) is 74.1 Å². The van der Waals surface area contributed by atoms with Gasteiger partial charge in [0.05, 0.1) is 16.3 Å². The smallest absolute Gasteiger partial charge is 0.272 e. The first kappa shape index (κ1) is 23.3. The van der Waals surface area contributed by atoms with Gasteiger partial charge < -0.3 is 5.32 Å². The van der Waals surface area contributed by atoms with Gasteiger partial charge in [-0.1, -0.05) is 23.2 Å². The van der Waals surface area contributed by atoms with Gasteiger partial charge in [0.25, 0.3) is 11.8 Å². The minimum absolute atomic E-state index is 0.0334. The zero-order valence-electron chi connectivity index (χ0n) is 17.0. The molecule has 2 aromatic heterocycles. The number of pyridine rings is 1. The van der Waals surface area contributed by atoms with Crippen LogP contribution in [0.5, 0.6) is 0 Å². The molecule has 0 fully saturated rings. The Balaban J connectivity index is 1.98. The molecule has 1 aromatic carbocycles. The molecule has 162 valence electrons. The van der Waals surface area contributed by atoms with Crippen LogP contribution in [-0.2, 0) is 0 Å². The van der Waals surface area contributed by atoms with Crippen molar-refractivity contribution < 1.29 is 9.59 Å². The minimum Gasteiger partial charge on any atom is -0.320 e. The van der Waals surface area contributed by atoms with Gasteiger partial charge in [0.15, 0.2) is 5.82 Å². The lowest BCUT2D eigenvalue weighted by Crippen LogP contribution is -2.42. The molecule has 0 unspecified atom stereocenters. The number of rotatable bonds is 6. The standard InChI is InChI=1S/C21H20BrCl2N5O2/c1-11(2)27-28-20(30)15-9-14(23)7-12(3)18(15)26-21(31)17-8-13(22)10-29(17)19-16(24)5-4-6-25-19/h4-11,27H,1-3H3,(H,26,31)(H,28,30). The first-order valence-corrected chi connectivity index (χ1v) is 10.9. The maximum Gasteiger partial charge on any atom is 0.272 e. The lowest BCUT2D eigenvalue weighted by molar-refractivity contribution is 0.0928. The Morgan fingerprint density at radius 3 is 2.58 bits per heavy atom. The number of amides is 2. The molecule has 0 saturated carbocycles. The van der Waals surface area contributed by atoms with E-state index in [4.69, 9.17) is 23.2 Å². The molecule has 2 heterocycles. The summed E-state index contributed by atoms with van der Waals surface area (Å²) in [5.41, 5.74) is 6.98. The maximum absolute atomic E-state index is 13.2. The Morgan fingerprint density at radius 2 is 1.90 bits per heavy atom. The number of nitrogens with one attached hydrogen (secondary N) is 3. The van der Waals surface area contributed by atoms with E-state index in [9.17, 15) is 9.59 Å². The van der Waals surface area contributed by atoms with E-state index in [0.29, 0.717) is 31.6 Å². The van der Waals surface area contributed by atoms with E-state index in [0.717, 1.165) is 0 Å². The number of anilines is 1. The molecule has 3 aromatic rings. The lowest BCUT2D eigenvalue weighted by Gasteiger charge is -2.17. The largest absolute Gasteiger partial charge is 0.320 e. The summed E-state index contributed by atoms with van der Waals surface area (Å²) >= 11 is 15.8. The predicted molar refractivity (Wildman–Crippen MR) is 126 cm³/mol. The Bertz CT molecular complexity index is 1150. The molecule has 3 N–H and O–H groups in total. The van der Waals surface area contributed by atoms with Gasteiger partial charge in [-0.15, -0.1) is 0 Å². The summed E-state index contributed by atoms with van der Waals surface area (Å²) in [7, 11) is 0. The molecule has 2 amide bonds. The van der Waals surface area contributed by atoms with Crippen molar-refractivity contribution >= 4 is 56.6 Å². The van der Waals surface area contributed by atoms with Crippen LogP contribution in [0.15, 0.2) is 47.2 Å². The number of benzene rings is 1. The normalized spacial score (nSPS) is 10.9. The van der Waals surface area contributed by atoms with Crippen LogP contribution in [0.2, 0.25) is 10.0 Å². The number of hydrogen-bond donors (Lipinski definition) is 3. The van der Waals surface area contributed by atoms with Crippen molar-refractivity contribution in [2.75, 3.05) is 5.32 Å².